The number of nitrogens with zero attached hydrogens (tertiary/aromatic N) is 1. The minimum atomic E-state index is -0.918. The van der Waals surface area contributed by atoms with Crippen molar-refractivity contribution in [2.45, 2.75) is 44.2 Å². The summed E-state index contributed by atoms with van der Waals surface area (Å²) >= 11 is 0. The van der Waals surface area contributed by atoms with Crippen LogP contribution in [0.5, 0.6) is 0 Å². The first kappa shape index (κ1) is 14.1. The van der Waals surface area contributed by atoms with Gasteiger partial charge in [0.2, 0.25) is 0 Å². The van der Waals surface area contributed by atoms with Gasteiger partial charge in [0.15, 0.2) is 0 Å². The molecule has 0 aliphatic heterocycles. The second-order valence-corrected chi connectivity index (χ2v) is 5.47. The van der Waals surface area contributed by atoms with E-state index in [1.807, 2.05) is 4.90 Å². The summed E-state index contributed by atoms with van der Waals surface area (Å²) in [6, 6.07) is 0.308. The molecule has 0 bridgehead atoms. The molecule has 6 heteroatoms. The number of hydrogen-bond acceptors (Lipinski definition) is 3. The van der Waals surface area contributed by atoms with Crippen molar-refractivity contribution in [3.63, 3.8) is 0 Å². The summed E-state index contributed by atoms with van der Waals surface area (Å²) in [5.41, 5.74) is 0. The number of nitrogens with one attached hydrogen (secondary N) is 1. The highest BCUT2D eigenvalue weighted by Crippen LogP contribution is 2.34. The van der Waals surface area contributed by atoms with E-state index >= 15 is 0 Å². The van der Waals surface area contributed by atoms with Crippen molar-refractivity contribution in [3.05, 3.63) is 0 Å². The first-order chi connectivity index (χ1) is 9.10. The Morgan fingerprint density at radius 1 is 1.37 bits per heavy atom. The van der Waals surface area contributed by atoms with E-state index in [9.17, 15) is 9.59 Å². The first-order valence-electron chi connectivity index (χ1n) is 6.89. The van der Waals surface area contributed by atoms with Gasteiger partial charge in [-0.1, -0.05) is 0 Å². The molecule has 0 saturated heterocycles. The van der Waals surface area contributed by atoms with Crippen LogP contribution in [-0.4, -0.2) is 54.4 Å². The lowest BCUT2D eigenvalue weighted by Crippen LogP contribution is -2.45. The lowest BCUT2D eigenvalue weighted by Gasteiger charge is -2.24. The van der Waals surface area contributed by atoms with Crippen LogP contribution in [-0.2, 0) is 9.53 Å². The zero-order valence-electron chi connectivity index (χ0n) is 11.3. The Kier molecular flexibility index (Phi) is 4.63. The van der Waals surface area contributed by atoms with Crippen molar-refractivity contribution in [2.75, 3.05) is 20.2 Å². The monoisotopic (exact) mass is 270 g/mol. The molecular formula is C13H22N2O4. The molecule has 0 aromatic carbocycles. The molecule has 0 spiro atoms. The minimum Gasteiger partial charge on any atom is -0.481 e. The average Bonchev–Trinajstić information content (AvgIpc) is 3.23. The summed E-state index contributed by atoms with van der Waals surface area (Å²) in [6.07, 6.45) is 4.05. The third-order valence-corrected chi connectivity index (χ3v) is 3.62. The maximum Gasteiger partial charge on any atom is 0.317 e. The number of carbonyl (C=O) groups is 2. The highest BCUT2D eigenvalue weighted by Gasteiger charge is 2.36. The highest BCUT2D eigenvalue weighted by molar-refractivity contribution is 5.75. The smallest absolute Gasteiger partial charge is 0.317 e. The molecule has 2 fully saturated rings. The Hall–Kier alpha value is -1.30. The number of amides is 2. The van der Waals surface area contributed by atoms with Crippen molar-refractivity contribution in [1.82, 2.24) is 10.2 Å². The topological polar surface area (TPSA) is 78.9 Å². The molecule has 2 N–H and O–H groups in total. The molecule has 1 unspecified atom stereocenters. The summed E-state index contributed by atoms with van der Waals surface area (Å²) in [4.78, 5) is 24.6. The maximum absolute atomic E-state index is 12.1. The summed E-state index contributed by atoms with van der Waals surface area (Å²) in [7, 11) is 1.46. The van der Waals surface area contributed by atoms with Crippen LogP contribution in [0.25, 0.3) is 0 Å². The zero-order valence-corrected chi connectivity index (χ0v) is 11.3. The van der Waals surface area contributed by atoms with Crippen LogP contribution in [0.15, 0.2) is 0 Å². The van der Waals surface area contributed by atoms with Crippen LogP contribution in [0.3, 0.4) is 0 Å². The summed E-state index contributed by atoms with van der Waals surface area (Å²) in [5.74, 6) is -0.248. The number of methoxy groups -OCH3 is 1. The molecule has 2 aliphatic rings. The van der Waals surface area contributed by atoms with E-state index in [0.29, 0.717) is 12.0 Å². The predicted molar refractivity (Wildman–Crippen MR) is 68.9 cm³/mol. The van der Waals surface area contributed by atoms with Crippen molar-refractivity contribution in [2.24, 2.45) is 5.92 Å². The van der Waals surface area contributed by atoms with Gasteiger partial charge in [-0.15, -0.1) is 0 Å². The van der Waals surface area contributed by atoms with Crippen molar-refractivity contribution in [3.8, 4) is 0 Å². The Morgan fingerprint density at radius 3 is 2.53 bits per heavy atom. The standard InChI is InChI=1S/C13H22N2O4/c1-19-11(6-12(16)17)7-14-13(18)15(10-4-5-10)8-9-2-3-9/h9-11H,2-8H2,1H3,(H,14,18)(H,16,17). The molecule has 2 rings (SSSR count). The number of aliphatic carboxylic acids is 1. The third-order valence-electron chi connectivity index (χ3n) is 3.62. The summed E-state index contributed by atoms with van der Waals surface area (Å²) in [5, 5.41) is 11.5. The normalized spacial score (nSPS) is 19.8. The molecule has 2 saturated carbocycles. The predicted octanol–water partition coefficient (Wildman–Crippen LogP) is 1.06. The maximum atomic E-state index is 12.1. The number of carboxylic acids is 1. The lowest BCUT2D eigenvalue weighted by molar-refractivity contribution is -0.139. The van der Waals surface area contributed by atoms with E-state index < -0.39 is 12.1 Å². The van der Waals surface area contributed by atoms with Crippen molar-refractivity contribution < 1.29 is 19.4 Å². The van der Waals surface area contributed by atoms with Crippen LogP contribution in [0.2, 0.25) is 0 Å². The van der Waals surface area contributed by atoms with Gasteiger partial charge in [-0.25, -0.2) is 4.79 Å². The molecule has 19 heavy (non-hydrogen) atoms. The second-order valence-electron chi connectivity index (χ2n) is 5.47. The molecule has 0 aromatic rings. The molecule has 6 nitrogen and oxygen atoms in total. The van der Waals surface area contributed by atoms with Crippen LogP contribution < -0.4 is 5.32 Å². The van der Waals surface area contributed by atoms with E-state index in [2.05, 4.69) is 5.32 Å². The fourth-order valence-corrected chi connectivity index (χ4v) is 2.10. The van der Waals surface area contributed by atoms with Gasteiger partial charge < -0.3 is 20.1 Å². The number of ether oxygens (including phenoxy) is 1. The van der Waals surface area contributed by atoms with Crippen LogP contribution >= 0.6 is 0 Å². The summed E-state index contributed by atoms with van der Waals surface area (Å²) in [6.45, 7) is 1.09. The largest absolute Gasteiger partial charge is 0.481 e. The fraction of sp³-hybridized carbons (Fsp3) is 0.846. The van der Waals surface area contributed by atoms with Crippen molar-refractivity contribution >= 4 is 12.0 Å². The van der Waals surface area contributed by atoms with E-state index in [0.717, 1.165) is 19.4 Å². The first-order valence-corrected chi connectivity index (χ1v) is 6.89. The van der Waals surface area contributed by atoms with E-state index in [-0.39, 0.29) is 19.0 Å². The quantitative estimate of drug-likeness (QED) is 0.691. The van der Waals surface area contributed by atoms with Gasteiger partial charge in [0.05, 0.1) is 12.5 Å². The van der Waals surface area contributed by atoms with E-state index in [1.54, 1.807) is 0 Å². The molecule has 1 atom stereocenters. The second kappa shape index (κ2) is 6.23. The average molecular weight is 270 g/mol. The Labute approximate surface area is 113 Å². The van der Waals surface area contributed by atoms with Gasteiger partial charge in [0.1, 0.15) is 0 Å². The zero-order chi connectivity index (χ0) is 13.8. The van der Waals surface area contributed by atoms with Crippen molar-refractivity contribution in [1.29, 1.82) is 0 Å². The van der Waals surface area contributed by atoms with Gasteiger partial charge in [0, 0.05) is 26.2 Å². The van der Waals surface area contributed by atoms with Gasteiger partial charge >= 0.3 is 12.0 Å². The Morgan fingerprint density at radius 2 is 2.05 bits per heavy atom. The minimum absolute atomic E-state index is 0.0816. The molecule has 0 heterocycles. The third kappa shape index (κ3) is 4.70. The Bertz CT molecular complexity index is 340. The molecule has 2 aliphatic carbocycles. The lowest BCUT2D eigenvalue weighted by atomic mass is 10.2. The highest BCUT2D eigenvalue weighted by atomic mass is 16.5. The molecule has 0 radical (unpaired) electrons. The van der Waals surface area contributed by atoms with Crippen LogP contribution in [0, 0.1) is 5.92 Å². The summed E-state index contributed by atoms with van der Waals surface area (Å²) < 4.78 is 5.05. The van der Waals surface area contributed by atoms with Gasteiger partial charge in [-0.2, -0.15) is 0 Å². The molecule has 2 amide bonds. The van der Waals surface area contributed by atoms with Crippen LogP contribution in [0.1, 0.15) is 32.1 Å². The number of urea groups is 1. The number of carboxylic acid groups (broad SMARTS) is 1. The number of rotatable bonds is 8. The Balaban J connectivity index is 1.75. The molecule has 0 aromatic heterocycles. The SMILES string of the molecule is COC(CNC(=O)N(CC1CC1)C1CC1)CC(=O)O. The number of carbonyl (C=O) groups excluding carboxylic acids is 1. The molecular weight excluding hydrogens is 248 g/mol. The van der Waals surface area contributed by atoms with E-state index in [4.69, 9.17) is 9.84 Å². The fourth-order valence-electron chi connectivity index (χ4n) is 2.10. The van der Waals surface area contributed by atoms with Crippen LogP contribution in [0.4, 0.5) is 4.79 Å². The van der Waals surface area contributed by atoms with Gasteiger partial charge in [-0.05, 0) is 31.6 Å². The molecule has 108 valence electrons. The van der Waals surface area contributed by atoms with Gasteiger partial charge in [0.25, 0.3) is 0 Å². The van der Waals surface area contributed by atoms with Gasteiger partial charge in [-0.3, -0.25) is 4.79 Å². The van der Waals surface area contributed by atoms with E-state index in [1.165, 1.54) is 20.0 Å². The number of hydrogen-bond donors (Lipinski definition) is 2.